The van der Waals surface area contributed by atoms with Crippen LogP contribution in [-0.4, -0.2) is 23.2 Å². The molecule has 0 amide bonds. The summed E-state index contributed by atoms with van der Waals surface area (Å²) in [5.74, 6) is 0.539. The minimum absolute atomic E-state index is 0.0847. The first-order chi connectivity index (χ1) is 8.90. The van der Waals surface area contributed by atoms with E-state index in [1.807, 2.05) is 0 Å². The number of benzene rings is 1. The van der Waals surface area contributed by atoms with E-state index in [4.69, 9.17) is 0 Å². The second-order valence-electron chi connectivity index (χ2n) is 3.76. The van der Waals surface area contributed by atoms with Crippen LogP contribution in [0.15, 0.2) is 38.4 Å². The summed E-state index contributed by atoms with van der Waals surface area (Å²) in [7, 11) is -1.85. The van der Waals surface area contributed by atoms with Crippen molar-refractivity contribution in [2.75, 3.05) is 0 Å². The molecule has 0 aliphatic heterocycles. The molecule has 0 spiro atoms. The Labute approximate surface area is 127 Å². The van der Waals surface area contributed by atoms with Crippen LogP contribution in [0.4, 0.5) is 0 Å². The number of aromatic nitrogens is 3. The van der Waals surface area contributed by atoms with Crippen LogP contribution in [0.2, 0.25) is 0 Å². The van der Waals surface area contributed by atoms with E-state index in [0.29, 0.717) is 10.3 Å². The van der Waals surface area contributed by atoms with Gasteiger partial charge in [-0.15, -0.1) is 10.2 Å². The summed E-state index contributed by atoms with van der Waals surface area (Å²) in [5, 5.41) is 7.50. The summed E-state index contributed by atoms with van der Waals surface area (Å²) < 4.78 is 29.7. The molecule has 9 heteroatoms. The van der Waals surface area contributed by atoms with Gasteiger partial charge in [0, 0.05) is 16.0 Å². The van der Waals surface area contributed by atoms with E-state index < -0.39 is 10.0 Å². The molecule has 0 unspecified atom stereocenters. The predicted molar refractivity (Wildman–Crippen MR) is 76.9 cm³/mol. The highest BCUT2D eigenvalue weighted by Crippen LogP contribution is 2.25. The van der Waals surface area contributed by atoms with Gasteiger partial charge in [0.1, 0.15) is 12.2 Å². The molecule has 0 atom stereocenters. The Balaban J connectivity index is 2.21. The van der Waals surface area contributed by atoms with Crippen molar-refractivity contribution in [1.29, 1.82) is 0 Å². The first-order valence-electron chi connectivity index (χ1n) is 5.18. The van der Waals surface area contributed by atoms with Crippen LogP contribution in [0.1, 0.15) is 5.82 Å². The molecule has 0 aliphatic rings. The Morgan fingerprint density at radius 3 is 2.68 bits per heavy atom. The van der Waals surface area contributed by atoms with Gasteiger partial charge < -0.3 is 4.57 Å². The Morgan fingerprint density at radius 2 is 2.11 bits per heavy atom. The van der Waals surface area contributed by atoms with Crippen LogP contribution < -0.4 is 4.72 Å². The zero-order valence-corrected chi connectivity index (χ0v) is 13.8. The molecule has 2 rings (SSSR count). The van der Waals surface area contributed by atoms with Crippen molar-refractivity contribution >= 4 is 41.9 Å². The van der Waals surface area contributed by atoms with E-state index >= 15 is 0 Å². The second-order valence-corrected chi connectivity index (χ2v) is 7.26. The SMILES string of the molecule is Cn1cnnc1CNS(=O)(=O)c1ccc(Br)cc1Br. The van der Waals surface area contributed by atoms with Crippen molar-refractivity contribution in [2.24, 2.45) is 7.05 Å². The lowest BCUT2D eigenvalue weighted by Crippen LogP contribution is -2.25. The third-order valence-electron chi connectivity index (χ3n) is 2.41. The third-order valence-corrected chi connectivity index (χ3v) is 5.28. The fourth-order valence-corrected chi connectivity index (χ4v) is 4.12. The van der Waals surface area contributed by atoms with Crippen molar-refractivity contribution in [3.05, 3.63) is 39.3 Å². The van der Waals surface area contributed by atoms with Gasteiger partial charge >= 0.3 is 0 Å². The molecule has 0 radical (unpaired) electrons. The summed E-state index contributed by atoms with van der Waals surface area (Å²) in [6.07, 6.45) is 1.51. The number of hydrogen-bond donors (Lipinski definition) is 1. The van der Waals surface area contributed by atoms with Gasteiger partial charge in [0.25, 0.3) is 0 Å². The van der Waals surface area contributed by atoms with Gasteiger partial charge in [-0.05, 0) is 34.1 Å². The first kappa shape index (κ1) is 14.6. The van der Waals surface area contributed by atoms with E-state index in [-0.39, 0.29) is 11.4 Å². The molecule has 1 heterocycles. The molecule has 6 nitrogen and oxygen atoms in total. The van der Waals surface area contributed by atoms with Crippen LogP contribution in [0, 0.1) is 0 Å². The Hall–Kier alpha value is -0.770. The van der Waals surface area contributed by atoms with Crippen LogP contribution in [0.25, 0.3) is 0 Å². The normalized spacial score (nSPS) is 11.7. The number of nitrogens with one attached hydrogen (secondary N) is 1. The summed E-state index contributed by atoms with van der Waals surface area (Å²) in [6, 6.07) is 4.87. The van der Waals surface area contributed by atoms with Gasteiger partial charge in [0.15, 0.2) is 0 Å². The number of nitrogens with zero attached hydrogens (tertiary/aromatic N) is 3. The maximum Gasteiger partial charge on any atom is 0.242 e. The molecule has 0 fully saturated rings. The van der Waals surface area contributed by atoms with Gasteiger partial charge in [0.2, 0.25) is 10.0 Å². The summed E-state index contributed by atoms with van der Waals surface area (Å²) in [5.41, 5.74) is 0. The van der Waals surface area contributed by atoms with Crippen molar-refractivity contribution in [1.82, 2.24) is 19.5 Å². The topological polar surface area (TPSA) is 76.9 Å². The van der Waals surface area contributed by atoms with Gasteiger partial charge in [-0.2, -0.15) is 0 Å². The van der Waals surface area contributed by atoms with Gasteiger partial charge in [-0.3, -0.25) is 0 Å². The molecule has 0 aliphatic carbocycles. The molecule has 102 valence electrons. The number of rotatable bonds is 4. The molecule has 0 bridgehead atoms. The standard InChI is InChI=1S/C10H10Br2N4O2S/c1-16-6-13-15-10(16)5-14-19(17,18)9-3-2-7(11)4-8(9)12/h2-4,6,14H,5H2,1H3. The lowest BCUT2D eigenvalue weighted by atomic mass is 10.4. The van der Waals surface area contributed by atoms with E-state index in [9.17, 15) is 8.42 Å². The summed E-state index contributed by atoms with van der Waals surface area (Å²) >= 11 is 6.51. The van der Waals surface area contributed by atoms with E-state index in [0.717, 1.165) is 4.47 Å². The zero-order chi connectivity index (χ0) is 14.0. The minimum atomic E-state index is -3.60. The number of sulfonamides is 1. The fraction of sp³-hybridized carbons (Fsp3) is 0.200. The summed E-state index contributed by atoms with van der Waals surface area (Å²) in [6.45, 7) is 0.0847. The maximum atomic E-state index is 12.2. The van der Waals surface area contributed by atoms with Crippen molar-refractivity contribution in [2.45, 2.75) is 11.4 Å². The molecule has 2 aromatic rings. The summed E-state index contributed by atoms with van der Waals surface area (Å²) in [4.78, 5) is 0.179. The molecule has 0 saturated carbocycles. The molecule has 1 N–H and O–H groups in total. The van der Waals surface area contributed by atoms with Crippen molar-refractivity contribution in [3.63, 3.8) is 0 Å². The molecule has 1 aromatic heterocycles. The molecule has 0 saturated heterocycles. The highest BCUT2D eigenvalue weighted by Gasteiger charge is 2.18. The largest absolute Gasteiger partial charge is 0.320 e. The molecular weight excluding hydrogens is 400 g/mol. The number of aryl methyl sites for hydroxylation is 1. The quantitative estimate of drug-likeness (QED) is 0.835. The Morgan fingerprint density at radius 1 is 1.37 bits per heavy atom. The number of halogens is 2. The maximum absolute atomic E-state index is 12.2. The van der Waals surface area contributed by atoms with Gasteiger partial charge in [-0.1, -0.05) is 15.9 Å². The highest BCUT2D eigenvalue weighted by molar-refractivity contribution is 9.11. The Bertz CT molecular complexity index is 699. The van der Waals surface area contributed by atoms with Crippen LogP contribution >= 0.6 is 31.9 Å². The van der Waals surface area contributed by atoms with Crippen LogP contribution in [0.5, 0.6) is 0 Å². The van der Waals surface area contributed by atoms with Gasteiger partial charge in [-0.25, -0.2) is 13.1 Å². The highest BCUT2D eigenvalue weighted by atomic mass is 79.9. The van der Waals surface area contributed by atoms with E-state index in [1.54, 1.807) is 23.7 Å². The van der Waals surface area contributed by atoms with E-state index in [1.165, 1.54) is 12.4 Å². The first-order valence-corrected chi connectivity index (χ1v) is 8.24. The fourth-order valence-electron chi connectivity index (χ4n) is 1.40. The molecule has 19 heavy (non-hydrogen) atoms. The monoisotopic (exact) mass is 408 g/mol. The van der Waals surface area contributed by atoms with Crippen molar-refractivity contribution in [3.8, 4) is 0 Å². The van der Waals surface area contributed by atoms with Crippen LogP contribution in [-0.2, 0) is 23.6 Å². The van der Waals surface area contributed by atoms with Gasteiger partial charge in [0.05, 0.1) is 11.4 Å². The zero-order valence-electron chi connectivity index (χ0n) is 9.84. The molecular formula is C10H10Br2N4O2S. The Kier molecular flexibility index (Phi) is 4.39. The average molecular weight is 410 g/mol. The lowest BCUT2D eigenvalue weighted by molar-refractivity contribution is 0.577. The lowest BCUT2D eigenvalue weighted by Gasteiger charge is -2.08. The minimum Gasteiger partial charge on any atom is -0.320 e. The third kappa shape index (κ3) is 3.41. The van der Waals surface area contributed by atoms with E-state index in [2.05, 4.69) is 46.8 Å². The van der Waals surface area contributed by atoms with Crippen LogP contribution in [0.3, 0.4) is 0 Å². The number of hydrogen-bond acceptors (Lipinski definition) is 4. The smallest absolute Gasteiger partial charge is 0.242 e. The average Bonchev–Trinajstić information content (AvgIpc) is 2.72. The molecule has 1 aromatic carbocycles. The van der Waals surface area contributed by atoms with Crippen molar-refractivity contribution < 1.29 is 8.42 Å². The predicted octanol–water partition coefficient (Wildman–Crippen LogP) is 1.82. The second kappa shape index (κ2) is 5.70.